The van der Waals surface area contributed by atoms with E-state index in [-0.39, 0.29) is 33.4 Å². The molecule has 0 radical (unpaired) electrons. The van der Waals surface area contributed by atoms with Gasteiger partial charge >= 0.3 is 0 Å². The number of hydrogen-bond acceptors (Lipinski definition) is 4. The molecule has 2 aromatic carbocycles. The molecule has 0 atom stereocenters. The Morgan fingerprint density at radius 1 is 0.545 bits per heavy atom. The molecule has 0 aliphatic heterocycles. The summed E-state index contributed by atoms with van der Waals surface area (Å²) >= 11 is 0. The molecule has 0 amide bonds. The number of benzene rings is 2. The van der Waals surface area contributed by atoms with Gasteiger partial charge in [-0.15, -0.1) is 0 Å². The van der Waals surface area contributed by atoms with Gasteiger partial charge in [-0.1, -0.05) is 0 Å². The largest absolute Gasteiger partial charge is 0.204 e. The zero-order chi connectivity index (χ0) is 16.3. The van der Waals surface area contributed by atoms with Crippen LogP contribution in [0.1, 0.15) is 22.3 Å². The van der Waals surface area contributed by atoms with E-state index in [9.17, 15) is 8.78 Å². The van der Waals surface area contributed by atoms with Crippen molar-refractivity contribution in [2.24, 2.45) is 0 Å². The van der Waals surface area contributed by atoms with E-state index in [1.165, 1.54) is 24.3 Å². The summed E-state index contributed by atoms with van der Waals surface area (Å²) in [4.78, 5) is 0. The molecule has 0 saturated carbocycles. The second-order valence-electron chi connectivity index (χ2n) is 4.22. The van der Waals surface area contributed by atoms with Crippen LogP contribution < -0.4 is 0 Å². The topological polar surface area (TPSA) is 95.2 Å². The molecule has 0 fully saturated rings. The van der Waals surface area contributed by atoms with Crippen molar-refractivity contribution in [2.75, 3.05) is 0 Å². The van der Waals surface area contributed by atoms with Gasteiger partial charge in [0.05, 0.1) is 22.3 Å². The fourth-order valence-corrected chi connectivity index (χ4v) is 1.91. The molecule has 0 bridgehead atoms. The van der Waals surface area contributed by atoms with E-state index in [0.29, 0.717) is 0 Å². The van der Waals surface area contributed by atoms with Crippen LogP contribution in [0, 0.1) is 57.0 Å². The lowest BCUT2D eigenvalue weighted by Gasteiger charge is -2.07. The van der Waals surface area contributed by atoms with Crippen molar-refractivity contribution in [3.8, 4) is 35.4 Å². The summed E-state index contributed by atoms with van der Waals surface area (Å²) in [5.41, 5.74) is -0.929. The van der Waals surface area contributed by atoms with Crippen molar-refractivity contribution in [2.45, 2.75) is 0 Å². The summed E-state index contributed by atoms with van der Waals surface area (Å²) in [6, 6.07) is 11.2. The second kappa shape index (κ2) is 5.71. The Bertz CT molecular complexity index is 801. The summed E-state index contributed by atoms with van der Waals surface area (Å²) in [7, 11) is 0. The van der Waals surface area contributed by atoms with Crippen molar-refractivity contribution in [1.82, 2.24) is 0 Å². The lowest BCUT2D eigenvalue weighted by Crippen LogP contribution is -1.95. The van der Waals surface area contributed by atoms with Gasteiger partial charge in [-0.2, -0.15) is 21.0 Å². The molecule has 6 heteroatoms. The molecule has 102 valence electrons. The van der Waals surface area contributed by atoms with Gasteiger partial charge in [0.15, 0.2) is 11.6 Å². The van der Waals surface area contributed by atoms with Crippen LogP contribution in [0.25, 0.3) is 11.1 Å². The molecule has 0 aliphatic carbocycles. The first-order valence-corrected chi connectivity index (χ1v) is 5.83. The minimum Gasteiger partial charge on any atom is -0.204 e. The van der Waals surface area contributed by atoms with E-state index < -0.39 is 11.6 Å². The van der Waals surface area contributed by atoms with Gasteiger partial charge in [0, 0.05) is 0 Å². The molecule has 2 rings (SSSR count). The Labute approximate surface area is 124 Å². The van der Waals surface area contributed by atoms with E-state index in [1.54, 1.807) is 24.3 Å². The Balaban J connectivity index is 2.80. The third-order valence-electron chi connectivity index (χ3n) is 2.96. The number of nitrogens with zero attached hydrogens (tertiary/aromatic N) is 4. The van der Waals surface area contributed by atoms with Gasteiger partial charge in [0.25, 0.3) is 0 Å². The van der Waals surface area contributed by atoms with Crippen LogP contribution in [-0.4, -0.2) is 0 Å². The first-order chi connectivity index (χ1) is 10.5. The molecular formula is C16H4F2N4. The Morgan fingerprint density at radius 3 is 0.955 bits per heavy atom. The Kier molecular flexibility index (Phi) is 3.81. The number of rotatable bonds is 1. The van der Waals surface area contributed by atoms with Crippen LogP contribution in [0.2, 0.25) is 0 Å². The predicted molar refractivity (Wildman–Crippen MR) is 70.7 cm³/mol. The van der Waals surface area contributed by atoms with Gasteiger partial charge in [0.1, 0.15) is 24.3 Å². The molecule has 0 aliphatic rings. The molecule has 4 nitrogen and oxygen atoms in total. The highest BCUT2D eigenvalue weighted by molar-refractivity contribution is 5.71. The van der Waals surface area contributed by atoms with E-state index in [1.807, 2.05) is 0 Å². The normalized spacial score (nSPS) is 9.18. The van der Waals surface area contributed by atoms with Crippen LogP contribution >= 0.6 is 0 Å². The average Bonchev–Trinajstić information content (AvgIpc) is 2.55. The molecule has 0 aromatic heterocycles. The fourth-order valence-electron chi connectivity index (χ4n) is 1.91. The van der Waals surface area contributed by atoms with Gasteiger partial charge in [-0.25, -0.2) is 8.78 Å². The third kappa shape index (κ3) is 2.34. The molecule has 0 N–H and O–H groups in total. The lowest BCUT2D eigenvalue weighted by molar-refractivity contribution is 0.619. The van der Waals surface area contributed by atoms with Gasteiger partial charge in [-0.3, -0.25) is 0 Å². The number of halogens is 2. The van der Waals surface area contributed by atoms with Crippen LogP contribution in [0.5, 0.6) is 0 Å². The summed E-state index contributed by atoms with van der Waals surface area (Å²) < 4.78 is 27.4. The maximum Gasteiger partial charge on any atom is 0.158 e. The van der Waals surface area contributed by atoms with Crippen molar-refractivity contribution in [3.05, 3.63) is 58.2 Å². The van der Waals surface area contributed by atoms with E-state index in [2.05, 4.69) is 0 Å². The van der Waals surface area contributed by atoms with Crippen LogP contribution in [0.15, 0.2) is 24.3 Å². The van der Waals surface area contributed by atoms with Crippen molar-refractivity contribution in [1.29, 1.82) is 21.0 Å². The zero-order valence-corrected chi connectivity index (χ0v) is 10.9. The van der Waals surface area contributed by atoms with Crippen LogP contribution in [0.4, 0.5) is 8.78 Å². The highest BCUT2D eigenvalue weighted by Crippen LogP contribution is 2.28. The minimum absolute atomic E-state index is 0.238. The molecule has 0 saturated heterocycles. The van der Waals surface area contributed by atoms with E-state index in [0.717, 1.165) is 0 Å². The monoisotopic (exact) mass is 290 g/mol. The highest BCUT2D eigenvalue weighted by atomic mass is 19.1. The molecule has 22 heavy (non-hydrogen) atoms. The summed E-state index contributed by atoms with van der Waals surface area (Å²) in [5, 5.41) is 35.6. The standard InChI is InChI=1S/C16H4F2N4/c17-15-11(5-19)1-9(2-12(15)6-20)10-3-13(7-21)16(18)14(4-10)8-22/h1-4H. The lowest BCUT2D eigenvalue weighted by atomic mass is 9.96. The summed E-state index contributed by atoms with van der Waals surface area (Å²) in [6.45, 7) is 0. The van der Waals surface area contributed by atoms with Crippen molar-refractivity contribution < 1.29 is 8.78 Å². The summed E-state index contributed by atoms with van der Waals surface area (Å²) in [5.74, 6) is -1.89. The van der Waals surface area contributed by atoms with Crippen molar-refractivity contribution in [3.63, 3.8) is 0 Å². The SMILES string of the molecule is N#Cc1cc(-c2cc(C#N)c(F)c(C#N)c2)cc(C#N)c1F. The molecular weight excluding hydrogens is 286 g/mol. The van der Waals surface area contributed by atoms with E-state index in [4.69, 9.17) is 21.0 Å². The molecule has 0 unspecified atom stereocenters. The zero-order valence-electron chi connectivity index (χ0n) is 10.9. The molecule has 0 heterocycles. The number of nitriles is 4. The third-order valence-corrected chi connectivity index (χ3v) is 2.96. The second-order valence-corrected chi connectivity index (χ2v) is 4.22. The highest BCUT2D eigenvalue weighted by Gasteiger charge is 2.15. The van der Waals surface area contributed by atoms with Crippen LogP contribution in [0.3, 0.4) is 0 Å². The minimum atomic E-state index is -0.947. The number of hydrogen-bond donors (Lipinski definition) is 0. The Morgan fingerprint density at radius 2 is 0.773 bits per heavy atom. The van der Waals surface area contributed by atoms with Crippen LogP contribution in [-0.2, 0) is 0 Å². The molecule has 2 aromatic rings. The van der Waals surface area contributed by atoms with E-state index >= 15 is 0 Å². The maximum atomic E-state index is 13.7. The first-order valence-electron chi connectivity index (χ1n) is 5.83. The van der Waals surface area contributed by atoms with Gasteiger partial charge in [-0.05, 0) is 35.4 Å². The Hall–Kier alpha value is -3.74. The predicted octanol–water partition coefficient (Wildman–Crippen LogP) is 3.12. The first kappa shape index (κ1) is 14.7. The fraction of sp³-hybridized carbons (Fsp3) is 0. The van der Waals surface area contributed by atoms with Crippen molar-refractivity contribution >= 4 is 0 Å². The maximum absolute atomic E-state index is 13.7. The van der Waals surface area contributed by atoms with Gasteiger partial charge in [0.2, 0.25) is 0 Å². The van der Waals surface area contributed by atoms with Gasteiger partial charge < -0.3 is 0 Å². The quantitative estimate of drug-likeness (QED) is 0.806. The average molecular weight is 290 g/mol. The molecule has 0 spiro atoms. The smallest absolute Gasteiger partial charge is 0.158 e. The summed E-state index contributed by atoms with van der Waals surface area (Å²) in [6.07, 6.45) is 0.